The highest BCUT2D eigenvalue weighted by molar-refractivity contribution is 5.93. The van der Waals surface area contributed by atoms with Gasteiger partial charge in [0.1, 0.15) is 11.4 Å². The SMILES string of the molecule is COc1ccc(NC(=O)NCCC(=O)N2CCN(c3ncccn3)CC2)cc1NC(=O)OC(C)(C)C. The molecule has 1 saturated heterocycles. The van der Waals surface area contributed by atoms with Crippen molar-refractivity contribution in [2.45, 2.75) is 32.8 Å². The topological polar surface area (TPSA) is 138 Å². The molecule has 0 unspecified atom stereocenters. The molecule has 0 spiro atoms. The van der Waals surface area contributed by atoms with Gasteiger partial charge in [0.2, 0.25) is 11.9 Å². The quantitative estimate of drug-likeness (QED) is 0.529. The van der Waals surface area contributed by atoms with E-state index < -0.39 is 17.7 Å². The minimum absolute atomic E-state index is 0.0303. The molecule has 1 fully saturated rings. The van der Waals surface area contributed by atoms with E-state index in [1.165, 1.54) is 7.11 Å². The molecule has 2 aromatic rings. The number of anilines is 3. The maximum atomic E-state index is 12.5. The normalized spacial score (nSPS) is 13.6. The second-order valence-electron chi connectivity index (χ2n) is 9.09. The summed E-state index contributed by atoms with van der Waals surface area (Å²) >= 11 is 0. The summed E-state index contributed by atoms with van der Waals surface area (Å²) in [5, 5.41) is 7.99. The molecule has 4 amide bonds. The Balaban J connectivity index is 1.43. The van der Waals surface area contributed by atoms with Crippen LogP contribution in [-0.2, 0) is 9.53 Å². The van der Waals surface area contributed by atoms with Crippen LogP contribution in [0.2, 0.25) is 0 Å². The van der Waals surface area contributed by atoms with Gasteiger partial charge in [-0.15, -0.1) is 0 Å². The standard InChI is InChI=1S/C24H33N7O5/c1-24(2,3)36-23(34)29-18-16-17(6-7-19(18)35-4)28-22(33)27-11-8-20(32)30-12-14-31(15-13-30)21-25-9-5-10-26-21/h5-7,9-10,16H,8,11-15H2,1-4H3,(H,29,34)(H2,27,28,33). The van der Waals surface area contributed by atoms with Crippen molar-refractivity contribution < 1.29 is 23.9 Å². The smallest absolute Gasteiger partial charge is 0.412 e. The summed E-state index contributed by atoms with van der Waals surface area (Å²) in [6, 6.07) is 6.11. The zero-order valence-electron chi connectivity index (χ0n) is 21.0. The van der Waals surface area contributed by atoms with Gasteiger partial charge in [-0.2, -0.15) is 0 Å². The van der Waals surface area contributed by atoms with Gasteiger partial charge in [-0.25, -0.2) is 19.6 Å². The molecule has 1 aromatic carbocycles. The third-order valence-corrected chi connectivity index (χ3v) is 5.18. The fourth-order valence-corrected chi connectivity index (χ4v) is 3.52. The molecular weight excluding hydrogens is 466 g/mol. The molecule has 1 aliphatic rings. The van der Waals surface area contributed by atoms with Gasteiger partial charge in [0.05, 0.1) is 12.8 Å². The van der Waals surface area contributed by atoms with Crippen molar-refractivity contribution in [1.29, 1.82) is 0 Å². The zero-order chi connectivity index (χ0) is 26.1. The molecular formula is C24H33N7O5. The molecule has 12 heteroatoms. The Morgan fingerprint density at radius 2 is 1.72 bits per heavy atom. The number of ether oxygens (including phenoxy) is 2. The van der Waals surface area contributed by atoms with Crippen molar-refractivity contribution in [2.75, 3.05) is 55.4 Å². The maximum absolute atomic E-state index is 12.5. The van der Waals surface area contributed by atoms with E-state index in [-0.39, 0.29) is 18.9 Å². The molecule has 3 rings (SSSR count). The van der Waals surface area contributed by atoms with E-state index in [1.807, 2.05) is 4.90 Å². The predicted molar refractivity (Wildman–Crippen MR) is 135 cm³/mol. The summed E-state index contributed by atoms with van der Waals surface area (Å²) in [5.41, 5.74) is 0.124. The number of methoxy groups -OCH3 is 1. The number of carbonyl (C=O) groups is 3. The lowest BCUT2D eigenvalue weighted by atomic mass is 10.2. The number of hydrogen-bond acceptors (Lipinski definition) is 8. The monoisotopic (exact) mass is 499 g/mol. The van der Waals surface area contributed by atoms with Crippen LogP contribution in [0.15, 0.2) is 36.7 Å². The molecule has 36 heavy (non-hydrogen) atoms. The summed E-state index contributed by atoms with van der Waals surface area (Å²) in [4.78, 5) is 49.3. The molecule has 1 aliphatic heterocycles. The van der Waals surface area contributed by atoms with Gasteiger partial charge < -0.3 is 29.9 Å². The first-order chi connectivity index (χ1) is 17.1. The Kier molecular flexibility index (Phi) is 8.87. The Hall–Kier alpha value is -4.09. The van der Waals surface area contributed by atoms with Crippen LogP contribution < -0.4 is 25.6 Å². The fourth-order valence-electron chi connectivity index (χ4n) is 3.52. The summed E-state index contributed by atoms with van der Waals surface area (Å²) in [6.45, 7) is 7.92. The number of carbonyl (C=O) groups excluding carboxylic acids is 3. The first-order valence-electron chi connectivity index (χ1n) is 11.7. The van der Waals surface area contributed by atoms with Crippen molar-refractivity contribution in [3.63, 3.8) is 0 Å². The van der Waals surface area contributed by atoms with Crippen molar-refractivity contribution in [3.8, 4) is 5.75 Å². The number of nitrogens with one attached hydrogen (secondary N) is 3. The highest BCUT2D eigenvalue weighted by Gasteiger charge is 2.22. The van der Waals surface area contributed by atoms with Crippen LogP contribution in [-0.4, -0.2) is 78.3 Å². The summed E-state index contributed by atoms with van der Waals surface area (Å²) in [6.07, 6.45) is 2.93. The number of amides is 4. The van der Waals surface area contributed by atoms with E-state index in [0.717, 1.165) is 0 Å². The van der Waals surface area contributed by atoms with Crippen LogP contribution in [0.3, 0.4) is 0 Å². The Bertz CT molecular complexity index is 1050. The number of piperazine rings is 1. The molecule has 0 atom stereocenters. The van der Waals surface area contributed by atoms with Crippen LogP contribution in [0.25, 0.3) is 0 Å². The largest absolute Gasteiger partial charge is 0.495 e. The van der Waals surface area contributed by atoms with Crippen LogP contribution >= 0.6 is 0 Å². The molecule has 12 nitrogen and oxygen atoms in total. The number of hydrogen-bond donors (Lipinski definition) is 3. The zero-order valence-corrected chi connectivity index (χ0v) is 21.0. The van der Waals surface area contributed by atoms with Crippen LogP contribution in [0.1, 0.15) is 27.2 Å². The number of nitrogens with zero attached hydrogens (tertiary/aromatic N) is 4. The lowest BCUT2D eigenvalue weighted by molar-refractivity contribution is -0.131. The molecule has 0 saturated carbocycles. The molecule has 1 aromatic heterocycles. The molecule has 0 radical (unpaired) electrons. The van der Waals surface area contributed by atoms with Crippen LogP contribution in [0.5, 0.6) is 5.75 Å². The van der Waals surface area contributed by atoms with E-state index in [0.29, 0.717) is 49.3 Å². The van der Waals surface area contributed by atoms with E-state index in [2.05, 4.69) is 25.9 Å². The average molecular weight is 500 g/mol. The Labute approximate surface area is 210 Å². The summed E-state index contributed by atoms with van der Waals surface area (Å²) in [7, 11) is 1.47. The minimum atomic E-state index is -0.658. The highest BCUT2D eigenvalue weighted by Crippen LogP contribution is 2.28. The molecule has 2 heterocycles. The van der Waals surface area contributed by atoms with E-state index >= 15 is 0 Å². The first kappa shape index (κ1) is 26.5. The maximum Gasteiger partial charge on any atom is 0.412 e. The van der Waals surface area contributed by atoms with Crippen LogP contribution in [0.4, 0.5) is 26.9 Å². The molecule has 0 bridgehead atoms. The lowest BCUT2D eigenvalue weighted by Crippen LogP contribution is -2.49. The molecule has 3 N–H and O–H groups in total. The van der Waals surface area contributed by atoms with Crippen molar-refractivity contribution in [3.05, 3.63) is 36.7 Å². The van der Waals surface area contributed by atoms with E-state index in [1.54, 1.807) is 62.3 Å². The second kappa shape index (κ2) is 12.0. The van der Waals surface area contributed by atoms with Gasteiger partial charge in [-0.05, 0) is 45.0 Å². The second-order valence-corrected chi connectivity index (χ2v) is 9.09. The third-order valence-electron chi connectivity index (χ3n) is 5.18. The van der Waals surface area contributed by atoms with E-state index in [4.69, 9.17) is 9.47 Å². The number of benzene rings is 1. The van der Waals surface area contributed by atoms with Gasteiger partial charge in [0.25, 0.3) is 0 Å². The van der Waals surface area contributed by atoms with Crippen molar-refractivity contribution in [2.24, 2.45) is 0 Å². The Morgan fingerprint density at radius 1 is 1.03 bits per heavy atom. The fraction of sp³-hybridized carbons (Fsp3) is 0.458. The minimum Gasteiger partial charge on any atom is -0.495 e. The van der Waals surface area contributed by atoms with Gasteiger partial charge in [-0.1, -0.05) is 0 Å². The Morgan fingerprint density at radius 3 is 2.36 bits per heavy atom. The summed E-state index contributed by atoms with van der Waals surface area (Å²) < 4.78 is 10.5. The average Bonchev–Trinajstić information content (AvgIpc) is 2.83. The highest BCUT2D eigenvalue weighted by atomic mass is 16.6. The van der Waals surface area contributed by atoms with Gasteiger partial charge >= 0.3 is 12.1 Å². The third kappa shape index (κ3) is 8.00. The lowest BCUT2D eigenvalue weighted by Gasteiger charge is -2.34. The number of rotatable bonds is 7. The first-order valence-corrected chi connectivity index (χ1v) is 11.7. The van der Waals surface area contributed by atoms with Gasteiger partial charge in [0.15, 0.2) is 0 Å². The number of urea groups is 1. The molecule has 194 valence electrons. The van der Waals surface area contributed by atoms with Crippen LogP contribution in [0, 0.1) is 0 Å². The van der Waals surface area contributed by atoms with Crippen molar-refractivity contribution >= 4 is 35.4 Å². The van der Waals surface area contributed by atoms with Gasteiger partial charge in [0, 0.05) is 57.2 Å². The van der Waals surface area contributed by atoms with Gasteiger partial charge in [-0.3, -0.25) is 10.1 Å². The number of aromatic nitrogens is 2. The molecule has 0 aliphatic carbocycles. The predicted octanol–water partition coefficient (Wildman–Crippen LogP) is 2.69. The summed E-state index contributed by atoms with van der Waals surface area (Å²) in [5.74, 6) is 1.04. The van der Waals surface area contributed by atoms with E-state index in [9.17, 15) is 14.4 Å². The van der Waals surface area contributed by atoms with Crippen molar-refractivity contribution in [1.82, 2.24) is 20.2 Å².